The summed E-state index contributed by atoms with van der Waals surface area (Å²) in [5, 5.41) is 15.5. The standard InChI is InChI=1S/C19H23N3O4S/c23-17(21-8-11-27-19(13-21)6-9-26-10-7-19)15-12-16(18(24)25)22(20-15)14-4-2-1-3-5-14/h1-5,16H,6-13H2,(H,24,25). The van der Waals surface area contributed by atoms with Gasteiger partial charge in [0.05, 0.1) is 5.69 Å². The monoisotopic (exact) mass is 389 g/mol. The number of thioether (sulfide) groups is 1. The van der Waals surface area contributed by atoms with Crippen LogP contribution in [0.15, 0.2) is 35.4 Å². The van der Waals surface area contributed by atoms with E-state index in [2.05, 4.69) is 5.10 Å². The molecule has 0 aromatic heterocycles. The summed E-state index contributed by atoms with van der Waals surface area (Å²) in [6.07, 6.45) is 2.02. The fraction of sp³-hybridized carbons (Fsp3) is 0.526. The largest absolute Gasteiger partial charge is 0.480 e. The number of carbonyl (C=O) groups is 2. The van der Waals surface area contributed by atoms with E-state index in [1.807, 2.05) is 34.9 Å². The number of benzene rings is 1. The van der Waals surface area contributed by atoms with E-state index >= 15 is 0 Å². The van der Waals surface area contributed by atoms with Gasteiger partial charge in [0.15, 0.2) is 6.04 Å². The number of carboxylic acids is 1. The van der Waals surface area contributed by atoms with Crippen LogP contribution >= 0.6 is 11.8 Å². The Balaban J connectivity index is 1.53. The van der Waals surface area contributed by atoms with Gasteiger partial charge >= 0.3 is 5.97 Å². The van der Waals surface area contributed by atoms with Gasteiger partial charge in [-0.15, -0.1) is 0 Å². The summed E-state index contributed by atoms with van der Waals surface area (Å²) in [6.45, 7) is 2.83. The molecule has 27 heavy (non-hydrogen) atoms. The summed E-state index contributed by atoms with van der Waals surface area (Å²) in [5.41, 5.74) is 1.02. The molecule has 2 saturated heterocycles. The van der Waals surface area contributed by atoms with E-state index < -0.39 is 12.0 Å². The van der Waals surface area contributed by atoms with Crippen LogP contribution in [0.3, 0.4) is 0 Å². The number of hydrogen-bond donors (Lipinski definition) is 1. The number of hydrogen-bond acceptors (Lipinski definition) is 6. The van der Waals surface area contributed by atoms with E-state index in [1.54, 1.807) is 12.1 Å². The number of ether oxygens (including phenoxy) is 1. The third-order valence-electron chi connectivity index (χ3n) is 5.40. The number of aliphatic carboxylic acids is 1. The normalized spacial score (nSPS) is 24.7. The van der Waals surface area contributed by atoms with Gasteiger partial charge < -0.3 is 14.7 Å². The summed E-state index contributed by atoms with van der Waals surface area (Å²) < 4.78 is 5.55. The van der Waals surface area contributed by atoms with Crippen LogP contribution in [-0.2, 0) is 14.3 Å². The lowest BCUT2D eigenvalue weighted by molar-refractivity contribution is -0.138. The third-order valence-corrected chi connectivity index (χ3v) is 6.94. The Morgan fingerprint density at radius 3 is 2.67 bits per heavy atom. The van der Waals surface area contributed by atoms with Crippen LogP contribution in [0.2, 0.25) is 0 Å². The molecule has 3 aliphatic rings. The van der Waals surface area contributed by atoms with Crippen LogP contribution in [-0.4, -0.2) is 70.4 Å². The molecular weight excluding hydrogens is 366 g/mol. The van der Waals surface area contributed by atoms with Crippen molar-refractivity contribution >= 4 is 35.0 Å². The SMILES string of the molecule is O=C(O)C1CC(C(=O)N2CCSC3(CCOCC3)C2)=NN1c1ccccc1. The average molecular weight is 389 g/mol. The molecule has 0 saturated carbocycles. The molecule has 1 N–H and O–H groups in total. The first-order chi connectivity index (χ1) is 13.1. The molecule has 0 aliphatic carbocycles. The van der Waals surface area contributed by atoms with E-state index in [0.29, 0.717) is 24.5 Å². The molecule has 1 amide bonds. The Labute approximate surface area is 162 Å². The van der Waals surface area contributed by atoms with Gasteiger partial charge in [0.1, 0.15) is 5.71 Å². The maximum Gasteiger partial charge on any atom is 0.328 e. The maximum atomic E-state index is 13.1. The second kappa shape index (κ2) is 7.52. The quantitative estimate of drug-likeness (QED) is 0.849. The molecule has 1 atom stereocenters. The Hall–Kier alpha value is -2.06. The van der Waals surface area contributed by atoms with Crippen LogP contribution in [0, 0.1) is 0 Å². The summed E-state index contributed by atoms with van der Waals surface area (Å²) in [6, 6.07) is 8.30. The second-order valence-corrected chi connectivity index (χ2v) is 8.72. The van der Waals surface area contributed by atoms with Gasteiger partial charge in [-0.1, -0.05) is 18.2 Å². The second-order valence-electron chi connectivity index (χ2n) is 7.16. The molecule has 1 aromatic rings. The molecule has 3 aliphatic heterocycles. The van der Waals surface area contributed by atoms with Crippen molar-refractivity contribution in [3.05, 3.63) is 30.3 Å². The predicted molar refractivity (Wildman–Crippen MR) is 104 cm³/mol. The number of carbonyl (C=O) groups excluding carboxylic acids is 1. The van der Waals surface area contributed by atoms with Crippen LogP contribution in [0.4, 0.5) is 5.69 Å². The van der Waals surface area contributed by atoms with Crippen molar-refractivity contribution < 1.29 is 19.4 Å². The summed E-state index contributed by atoms with van der Waals surface area (Å²) >= 11 is 1.93. The van der Waals surface area contributed by atoms with Gasteiger partial charge in [-0.05, 0) is 25.0 Å². The van der Waals surface area contributed by atoms with Gasteiger partial charge in [0, 0.05) is 43.2 Å². The fourth-order valence-corrected chi connectivity index (χ4v) is 5.34. The number of rotatable bonds is 3. The summed E-state index contributed by atoms with van der Waals surface area (Å²) in [4.78, 5) is 26.7. The predicted octanol–water partition coefficient (Wildman–Crippen LogP) is 1.83. The first-order valence-electron chi connectivity index (χ1n) is 9.24. The highest BCUT2D eigenvalue weighted by Gasteiger charge is 2.42. The molecule has 1 unspecified atom stereocenters. The molecule has 2 fully saturated rings. The third kappa shape index (κ3) is 3.68. The number of anilines is 1. The molecule has 0 radical (unpaired) electrons. The van der Waals surface area contributed by atoms with E-state index in [9.17, 15) is 14.7 Å². The number of amides is 1. The minimum atomic E-state index is -0.972. The van der Waals surface area contributed by atoms with E-state index in [1.165, 1.54) is 5.01 Å². The molecule has 8 heteroatoms. The molecular formula is C19H23N3O4S. The van der Waals surface area contributed by atoms with Crippen LogP contribution < -0.4 is 5.01 Å². The van der Waals surface area contributed by atoms with Crippen molar-refractivity contribution in [2.45, 2.75) is 30.1 Å². The molecule has 7 nitrogen and oxygen atoms in total. The number of hydrazone groups is 1. The Kier molecular flexibility index (Phi) is 5.10. The smallest absolute Gasteiger partial charge is 0.328 e. The Morgan fingerprint density at radius 2 is 1.96 bits per heavy atom. The van der Waals surface area contributed by atoms with E-state index in [-0.39, 0.29) is 17.1 Å². The maximum absolute atomic E-state index is 13.1. The highest BCUT2D eigenvalue weighted by atomic mass is 32.2. The van der Waals surface area contributed by atoms with Crippen molar-refractivity contribution in [1.29, 1.82) is 0 Å². The minimum absolute atomic E-state index is 0.0661. The van der Waals surface area contributed by atoms with Gasteiger partial charge in [0.2, 0.25) is 0 Å². The molecule has 4 rings (SSSR count). The highest BCUT2D eigenvalue weighted by Crippen LogP contribution is 2.39. The van der Waals surface area contributed by atoms with Gasteiger partial charge in [-0.3, -0.25) is 9.80 Å². The van der Waals surface area contributed by atoms with Gasteiger partial charge in [0.25, 0.3) is 5.91 Å². The fourth-order valence-electron chi connectivity index (χ4n) is 3.90. The first-order valence-corrected chi connectivity index (χ1v) is 10.2. The molecule has 1 aromatic carbocycles. The summed E-state index contributed by atoms with van der Waals surface area (Å²) in [7, 11) is 0. The van der Waals surface area contributed by atoms with Crippen molar-refractivity contribution in [3.8, 4) is 0 Å². The topological polar surface area (TPSA) is 82.4 Å². The van der Waals surface area contributed by atoms with Crippen LogP contribution in [0.25, 0.3) is 0 Å². The van der Waals surface area contributed by atoms with Crippen LogP contribution in [0.1, 0.15) is 19.3 Å². The van der Waals surface area contributed by atoms with Gasteiger partial charge in [-0.2, -0.15) is 16.9 Å². The average Bonchev–Trinajstić information content (AvgIpc) is 3.14. The van der Waals surface area contributed by atoms with E-state index in [4.69, 9.17) is 4.74 Å². The van der Waals surface area contributed by atoms with Crippen LogP contribution in [0.5, 0.6) is 0 Å². The Morgan fingerprint density at radius 1 is 1.22 bits per heavy atom. The van der Waals surface area contributed by atoms with Crippen molar-refractivity contribution in [3.63, 3.8) is 0 Å². The first kappa shape index (κ1) is 18.3. The zero-order valence-corrected chi connectivity index (χ0v) is 15.9. The number of carboxylic acid groups (broad SMARTS) is 1. The van der Waals surface area contributed by atoms with Crippen molar-refractivity contribution in [2.24, 2.45) is 5.10 Å². The summed E-state index contributed by atoms with van der Waals surface area (Å²) in [5.74, 6) is -0.213. The Bertz CT molecular complexity index is 743. The van der Waals surface area contributed by atoms with E-state index in [0.717, 1.165) is 31.8 Å². The lowest BCUT2D eigenvalue weighted by Crippen LogP contribution is -2.52. The molecule has 0 bridgehead atoms. The number of para-hydroxylation sites is 1. The van der Waals surface area contributed by atoms with Crippen molar-refractivity contribution in [1.82, 2.24) is 4.90 Å². The lowest BCUT2D eigenvalue weighted by atomic mass is 9.97. The zero-order chi connectivity index (χ0) is 18.9. The lowest BCUT2D eigenvalue weighted by Gasteiger charge is -2.44. The molecule has 3 heterocycles. The molecule has 144 valence electrons. The molecule has 1 spiro atoms. The number of nitrogens with zero attached hydrogens (tertiary/aromatic N) is 3. The minimum Gasteiger partial charge on any atom is -0.480 e. The van der Waals surface area contributed by atoms with Crippen molar-refractivity contribution in [2.75, 3.05) is 37.1 Å². The zero-order valence-electron chi connectivity index (χ0n) is 15.0. The van der Waals surface area contributed by atoms with Gasteiger partial charge in [-0.25, -0.2) is 4.79 Å². The highest BCUT2D eigenvalue weighted by molar-refractivity contribution is 8.00.